The van der Waals surface area contributed by atoms with Gasteiger partial charge >= 0.3 is 0 Å². The zero-order valence-electron chi connectivity index (χ0n) is 12.7. The van der Waals surface area contributed by atoms with Crippen molar-refractivity contribution in [2.75, 3.05) is 13.7 Å². The summed E-state index contributed by atoms with van der Waals surface area (Å²) in [6.45, 7) is 0.859. The van der Waals surface area contributed by atoms with Crippen LogP contribution in [-0.2, 0) is 4.74 Å². The summed E-state index contributed by atoms with van der Waals surface area (Å²) in [6.07, 6.45) is -6.90. The van der Waals surface area contributed by atoms with Gasteiger partial charge in [-0.05, 0) is 25.1 Å². The monoisotopic (exact) mass is 328 g/mol. The van der Waals surface area contributed by atoms with Crippen molar-refractivity contribution in [1.29, 1.82) is 0 Å². The fourth-order valence-electron chi connectivity index (χ4n) is 2.27. The number of rotatable bonds is 5. The number of aliphatic hydroxyl groups excluding tert-OH is 4. The number of carbonyl (C=O) groups excluding carboxylic acids is 1. The molecule has 0 aliphatic carbocycles. The summed E-state index contributed by atoms with van der Waals surface area (Å²) in [7, 11) is 1.39. The molecule has 4 N–H and O–H groups in total. The summed E-state index contributed by atoms with van der Waals surface area (Å²) in [5.41, 5.74) is 0.419. The van der Waals surface area contributed by atoms with Gasteiger partial charge in [0, 0.05) is 5.56 Å². The first-order valence-corrected chi connectivity index (χ1v) is 7.05. The van der Waals surface area contributed by atoms with E-state index < -0.39 is 37.3 Å². The van der Waals surface area contributed by atoms with E-state index in [4.69, 9.17) is 19.3 Å². The van der Waals surface area contributed by atoms with E-state index in [9.17, 15) is 20.1 Å². The van der Waals surface area contributed by atoms with E-state index in [1.165, 1.54) is 32.2 Å². The van der Waals surface area contributed by atoms with E-state index in [0.717, 1.165) is 0 Å². The Kier molecular flexibility index (Phi) is 5.55. The lowest BCUT2D eigenvalue weighted by molar-refractivity contribution is -0.277. The third kappa shape index (κ3) is 3.62. The molecule has 1 heterocycles. The molecule has 1 saturated heterocycles. The van der Waals surface area contributed by atoms with Crippen molar-refractivity contribution in [1.82, 2.24) is 0 Å². The predicted octanol–water partition coefficient (Wildman–Crippen LogP) is -0.924. The van der Waals surface area contributed by atoms with E-state index in [2.05, 4.69) is 0 Å². The zero-order chi connectivity index (χ0) is 17.1. The predicted molar refractivity (Wildman–Crippen MR) is 77.4 cm³/mol. The molecule has 0 unspecified atom stereocenters. The second-order valence-corrected chi connectivity index (χ2v) is 5.24. The number of methoxy groups -OCH3 is 1. The van der Waals surface area contributed by atoms with E-state index in [1.54, 1.807) is 0 Å². The van der Waals surface area contributed by atoms with Crippen LogP contribution in [0.25, 0.3) is 0 Å². The molecule has 0 spiro atoms. The number of aliphatic hydroxyl groups is 4. The van der Waals surface area contributed by atoms with Gasteiger partial charge in [-0.3, -0.25) is 4.79 Å². The largest absolute Gasteiger partial charge is 0.493 e. The van der Waals surface area contributed by atoms with Gasteiger partial charge in [0.2, 0.25) is 6.29 Å². The summed E-state index contributed by atoms with van der Waals surface area (Å²) in [4.78, 5) is 11.4. The van der Waals surface area contributed by atoms with Crippen LogP contribution in [0.5, 0.6) is 11.5 Å². The third-order valence-electron chi connectivity index (χ3n) is 3.66. The van der Waals surface area contributed by atoms with Crippen LogP contribution in [0, 0.1) is 0 Å². The third-order valence-corrected chi connectivity index (χ3v) is 3.66. The van der Waals surface area contributed by atoms with Crippen LogP contribution in [0.1, 0.15) is 17.3 Å². The summed E-state index contributed by atoms with van der Waals surface area (Å²) >= 11 is 0. The molecule has 128 valence electrons. The van der Waals surface area contributed by atoms with Gasteiger partial charge in [-0.1, -0.05) is 0 Å². The van der Waals surface area contributed by atoms with Gasteiger partial charge in [-0.25, -0.2) is 0 Å². The molecule has 0 saturated carbocycles. The van der Waals surface area contributed by atoms with Crippen molar-refractivity contribution < 1.29 is 39.4 Å². The molecule has 8 nitrogen and oxygen atoms in total. The van der Waals surface area contributed by atoms with Crippen molar-refractivity contribution in [2.24, 2.45) is 0 Å². The Bertz CT molecular complexity index is 558. The first kappa shape index (κ1) is 17.6. The van der Waals surface area contributed by atoms with Gasteiger partial charge in [0.05, 0.1) is 13.7 Å². The van der Waals surface area contributed by atoms with Crippen LogP contribution < -0.4 is 9.47 Å². The Labute approximate surface area is 132 Å². The van der Waals surface area contributed by atoms with Crippen molar-refractivity contribution in [2.45, 2.75) is 37.6 Å². The molecule has 0 radical (unpaired) electrons. The van der Waals surface area contributed by atoms with Gasteiger partial charge in [-0.15, -0.1) is 0 Å². The smallest absolute Gasteiger partial charge is 0.229 e. The van der Waals surface area contributed by atoms with E-state index >= 15 is 0 Å². The number of Topliss-reactive ketones (excluding diaryl/α,β-unsaturated/α-hetero) is 1. The molecule has 8 heteroatoms. The van der Waals surface area contributed by atoms with Crippen molar-refractivity contribution in [3.05, 3.63) is 23.8 Å². The van der Waals surface area contributed by atoms with Gasteiger partial charge in [-0.2, -0.15) is 0 Å². The maximum absolute atomic E-state index is 11.4. The topological polar surface area (TPSA) is 126 Å². The lowest BCUT2D eigenvalue weighted by Crippen LogP contribution is -2.60. The minimum Gasteiger partial charge on any atom is -0.493 e. The van der Waals surface area contributed by atoms with E-state index in [-0.39, 0.29) is 17.3 Å². The fraction of sp³-hybridized carbons (Fsp3) is 0.533. The standard InChI is InChI=1S/C15H20O8/c1-7(17)8-3-4-9(10(5-8)21-2)22-15-14(20)13(19)12(18)11(6-16)23-15/h3-5,11-16,18-20H,6H2,1-2H3/t11-,12-,13+,14+,15-/m1/s1. The molecule has 0 bridgehead atoms. The lowest BCUT2D eigenvalue weighted by Gasteiger charge is -2.39. The summed E-state index contributed by atoms with van der Waals surface area (Å²) in [5.74, 6) is 0.277. The molecular weight excluding hydrogens is 308 g/mol. The summed E-state index contributed by atoms with van der Waals surface area (Å²) in [5, 5.41) is 38.6. The highest BCUT2D eigenvalue weighted by molar-refractivity contribution is 5.94. The molecule has 2 rings (SSSR count). The Morgan fingerprint density at radius 3 is 2.43 bits per heavy atom. The molecule has 5 atom stereocenters. The summed E-state index contributed by atoms with van der Waals surface area (Å²) < 4.78 is 15.9. The highest BCUT2D eigenvalue weighted by Gasteiger charge is 2.44. The van der Waals surface area contributed by atoms with Gasteiger partial charge in [0.1, 0.15) is 24.4 Å². The Hall–Kier alpha value is -1.71. The normalized spacial score (nSPS) is 30.8. The molecule has 1 aromatic carbocycles. The number of ketones is 1. The average Bonchev–Trinajstić information content (AvgIpc) is 2.55. The number of hydrogen-bond donors (Lipinski definition) is 4. The van der Waals surface area contributed by atoms with Crippen LogP contribution >= 0.6 is 0 Å². The zero-order valence-corrected chi connectivity index (χ0v) is 12.7. The van der Waals surface area contributed by atoms with Crippen LogP contribution in [0.15, 0.2) is 18.2 Å². The highest BCUT2D eigenvalue weighted by atomic mass is 16.7. The van der Waals surface area contributed by atoms with E-state index in [1.807, 2.05) is 0 Å². The molecule has 0 amide bonds. The molecule has 23 heavy (non-hydrogen) atoms. The SMILES string of the molecule is COc1cc(C(C)=O)ccc1O[C@@H]1O[C@H](CO)[C@@H](O)[C@H](O)[C@@H]1O. The Morgan fingerprint density at radius 2 is 1.87 bits per heavy atom. The Morgan fingerprint density at radius 1 is 1.17 bits per heavy atom. The van der Waals surface area contributed by atoms with Crippen LogP contribution in [0.3, 0.4) is 0 Å². The van der Waals surface area contributed by atoms with E-state index in [0.29, 0.717) is 5.56 Å². The first-order valence-electron chi connectivity index (χ1n) is 7.05. The van der Waals surface area contributed by atoms with Crippen molar-refractivity contribution >= 4 is 5.78 Å². The molecular formula is C15H20O8. The second-order valence-electron chi connectivity index (χ2n) is 5.24. The van der Waals surface area contributed by atoms with Crippen molar-refractivity contribution in [3.63, 3.8) is 0 Å². The molecule has 1 aromatic rings. The molecule has 1 aliphatic heterocycles. The average molecular weight is 328 g/mol. The van der Waals surface area contributed by atoms with Gasteiger partial charge in [0.25, 0.3) is 0 Å². The fourth-order valence-corrected chi connectivity index (χ4v) is 2.27. The molecule has 1 aliphatic rings. The molecule has 1 fully saturated rings. The lowest BCUT2D eigenvalue weighted by atomic mass is 9.99. The minimum atomic E-state index is -1.53. The van der Waals surface area contributed by atoms with Crippen LogP contribution in [0.4, 0.5) is 0 Å². The first-order chi connectivity index (χ1) is 10.9. The summed E-state index contributed by atoms with van der Waals surface area (Å²) in [6, 6.07) is 4.46. The van der Waals surface area contributed by atoms with Gasteiger partial charge in [0.15, 0.2) is 17.3 Å². The number of benzene rings is 1. The number of ether oxygens (including phenoxy) is 3. The van der Waals surface area contributed by atoms with Crippen LogP contribution in [0.2, 0.25) is 0 Å². The maximum atomic E-state index is 11.4. The Balaban J connectivity index is 2.22. The number of carbonyl (C=O) groups is 1. The number of hydrogen-bond acceptors (Lipinski definition) is 8. The second kappa shape index (κ2) is 7.24. The highest BCUT2D eigenvalue weighted by Crippen LogP contribution is 2.32. The minimum absolute atomic E-state index is 0.150. The van der Waals surface area contributed by atoms with Crippen molar-refractivity contribution in [3.8, 4) is 11.5 Å². The van der Waals surface area contributed by atoms with Crippen LogP contribution in [-0.4, -0.2) is 70.6 Å². The quantitative estimate of drug-likeness (QED) is 0.511. The maximum Gasteiger partial charge on any atom is 0.229 e. The molecule has 0 aromatic heterocycles. The van der Waals surface area contributed by atoms with Gasteiger partial charge < -0.3 is 34.6 Å².